The molecule has 11 heteroatoms. The molecule has 0 fully saturated rings. The van der Waals surface area contributed by atoms with Crippen molar-refractivity contribution in [2.45, 2.75) is 7.43 Å². The van der Waals surface area contributed by atoms with Gasteiger partial charge >= 0.3 is 18.9 Å². The van der Waals surface area contributed by atoms with Crippen molar-refractivity contribution in [2.24, 2.45) is 0 Å². The molecule has 1 N–H and O–H groups in total. The van der Waals surface area contributed by atoms with Crippen LogP contribution in [-0.4, -0.2) is 39.0 Å². The summed E-state index contributed by atoms with van der Waals surface area (Å²) in [6.45, 7) is 0. The summed E-state index contributed by atoms with van der Waals surface area (Å²) in [7, 11) is 0. The van der Waals surface area contributed by atoms with Crippen molar-refractivity contribution >= 4 is 97.9 Å². The van der Waals surface area contributed by atoms with Crippen LogP contribution in [0.2, 0.25) is 0 Å². The molecule has 103 heavy (non-hydrogen) atoms. The van der Waals surface area contributed by atoms with Gasteiger partial charge in [0.2, 0.25) is 11.5 Å². The number of hydrogen-bond acceptors (Lipinski definition) is 7. The van der Waals surface area contributed by atoms with Crippen LogP contribution in [0.5, 0.6) is 5.75 Å². The minimum atomic E-state index is 0. The summed E-state index contributed by atoms with van der Waals surface area (Å²) >= 11 is 0. The molecule has 0 aliphatic heterocycles. The molecule has 0 radical (unpaired) electrons. The van der Waals surface area contributed by atoms with Crippen LogP contribution in [0.25, 0.3) is 177 Å². The molecule has 0 spiro atoms. The van der Waals surface area contributed by atoms with Gasteiger partial charge in [-0.3, -0.25) is 9.55 Å². The summed E-state index contributed by atoms with van der Waals surface area (Å²) in [5.41, 5.74) is 17.7. The standard InChI is InChI=1S/C44H28N4.C38H24N4.C9H7NO.CH4.Li.26H2/c1-3-13-29(14-4-1)43-35-19-7-10-20-38(35)45-44(46-43)48-40-22-12-9-18-34(40)37-28-31(24-26-42(37)48)30-23-25-41-36(27-30)33-17-8-11-21-39(33)47(41)32-15-5-2-6-16-32;1-3-9-30-23-32(20-14-25(30)7-1)37-40-36(41-38(42-37)33-21-15-26-8-2-4-10-31(26)24-33)29-18-16-27(17-19-29)34-13-5-11-28-12-6-22-39-35(28)34;11-8-5-1-3-7-4-2-6-10-9(7)8;;;;;;;;;;;;;;;;;;;;;;;;;;;;/h1-28H;1-24H;1-6,11H;1H4;;26*1H/q;;;;+1;;;;;;;;;;;;;;;;;;;;;;;;;;. The van der Waals surface area contributed by atoms with Gasteiger partial charge in [0.05, 0.1) is 38.8 Å². The van der Waals surface area contributed by atoms with Crippen LogP contribution in [0.1, 0.15) is 44.5 Å². The smallest absolute Gasteiger partial charge is 0.868 e. The third kappa shape index (κ3) is 12.2. The van der Waals surface area contributed by atoms with Crippen LogP contribution >= 0.6 is 0 Å². The van der Waals surface area contributed by atoms with E-state index in [1.807, 2.05) is 42.6 Å². The second-order valence-corrected chi connectivity index (χ2v) is 25.0. The molecule has 0 saturated heterocycles. The molecule has 6 heterocycles. The molecule has 0 aliphatic rings. The van der Waals surface area contributed by atoms with Crippen molar-refractivity contribution in [3.63, 3.8) is 0 Å². The normalized spacial score (nSPS) is 11.2. The average molecular weight is 1370 g/mol. The number of hydrogen-bond donors (Lipinski definition) is 0. The van der Waals surface area contributed by atoms with E-state index < -0.39 is 0 Å². The van der Waals surface area contributed by atoms with Gasteiger partial charge in [-0.15, -0.1) is 0 Å². The molecule has 20 aromatic rings. The first-order valence-electron chi connectivity index (χ1n) is 33.7. The van der Waals surface area contributed by atoms with Crippen LogP contribution in [0, 0.1) is 0 Å². The molecule has 0 atom stereocenters. The topological polar surface area (TPSA) is 124 Å². The predicted molar refractivity (Wildman–Crippen MR) is 473 cm³/mol. The number of nitrogens with one attached hydrogen (secondary N) is 1. The Balaban J connectivity index is -0.000000179. The van der Waals surface area contributed by atoms with Gasteiger partial charge in [-0.2, -0.15) is 0 Å². The van der Waals surface area contributed by atoms with E-state index in [1.165, 1.54) is 54.5 Å². The van der Waals surface area contributed by atoms with Gasteiger partial charge in [-0.1, -0.05) is 256 Å². The maximum atomic E-state index is 11.1. The van der Waals surface area contributed by atoms with Crippen molar-refractivity contribution in [2.75, 3.05) is 0 Å². The number of aromatic nitrogens is 9. The minimum Gasteiger partial charge on any atom is -0.868 e. The van der Waals surface area contributed by atoms with Crippen molar-refractivity contribution in [3.8, 4) is 85.1 Å². The third-order valence-electron chi connectivity index (χ3n) is 18.9. The SMILES string of the molecule is C.[HH].[HH].[HH].[HH].[HH].[HH].[HH].[HH].[HH].[HH].[HH].[HH].[HH].[HH].[HH].[HH].[HH].[HH].[HH].[HH].[HH].[HH].[HH].[HH].[HH].[HH].[Li+].[O-]c1cccc2ccc[nH+]c12.c1ccc(-c2nc(-n3c4ccccc4c4cc(-c5ccc6c(c5)c5ccccc5n6-c5ccccc5)ccc43)nc3ccccc23)cc1.c1ccc2cc(-c3nc(-c4ccc(-c5cccc6cccnc56)cc4)nc(-c4ccc5ccccc5c4)n3)ccc2c1. The van der Waals surface area contributed by atoms with Crippen molar-refractivity contribution < 1.29 is 66.0 Å². The summed E-state index contributed by atoms with van der Waals surface area (Å²) in [5, 5.41) is 23.8. The van der Waals surface area contributed by atoms with Crippen LogP contribution in [0.3, 0.4) is 0 Å². The predicted octanol–water partition coefficient (Wildman–Crippen LogP) is 25.3. The number of benzene rings is 14. The first kappa shape index (κ1) is 64.4. The maximum absolute atomic E-state index is 11.1. The number of fused-ring (bicyclic) bond motifs is 11. The number of pyridine rings is 2. The molecule has 14 aromatic carbocycles. The monoisotopic (exact) mass is 1370 g/mol. The van der Waals surface area contributed by atoms with E-state index in [9.17, 15) is 5.11 Å². The Morgan fingerprint density at radius 3 is 1.44 bits per heavy atom. The molecular formula is C92H115LiN9O+. The Bertz CT molecular complexity index is 6540. The minimum absolute atomic E-state index is 0. The Morgan fingerprint density at radius 1 is 0.311 bits per heavy atom. The number of rotatable bonds is 8. The Labute approximate surface area is 645 Å². The molecule has 0 amide bonds. The van der Waals surface area contributed by atoms with Crippen LogP contribution < -0.4 is 29.0 Å². The number of para-hydroxylation sites is 6. The Morgan fingerprint density at radius 2 is 0.786 bits per heavy atom. The molecular weight excluding hydrogens is 1250 g/mol. The van der Waals surface area contributed by atoms with E-state index in [0.29, 0.717) is 28.9 Å². The fraction of sp³-hybridized carbons (Fsp3) is 0.0109. The zero-order valence-electron chi connectivity index (χ0n) is 55.5. The molecule has 6 aromatic heterocycles. The Kier molecular flexibility index (Phi) is 17.4. The maximum Gasteiger partial charge on any atom is 1.00 e. The zero-order valence-corrected chi connectivity index (χ0v) is 55.5. The molecule has 0 unspecified atom stereocenters. The van der Waals surface area contributed by atoms with E-state index in [-0.39, 0.29) is 69.1 Å². The summed E-state index contributed by atoms with van der Waals surface area (Å²) in [6, 6.07) is 117. The summed E-state index contributed by atoms with van der Waals surface area (Å²) < 4.78 is 4.57. The van der Waals surface area contributed by atoms with Crippen LogP contribution in [-0.2, 0) is 0 Å². The van der Waals surface area contributed by atoms with Crippen LogP contribution in [0.4, 0.5) is 0 Å². The third-order valence-corrected chi connectivity index (χ3v) is 18.9. The molecule has 0 aliphatic carbocycles. The molecule has 20 rings (SSSR count). The number of H-pyrrole nitrogens is 1. The van der Waals surface area contributed by atoms with E-state index in [4.69, 9.17) is 24.9 Å². The molecule has 10 nitrogen and oxygen atoms in total. The average Bonchev–Trinajstić information content (AvgIpc) is 1.58. The fourth-order valence-corrected chi connectivity index (χ4v) is 14.0. The second-order valence-electron chi connectivity index (χ2n) is 25.0. The van der Waals surface area contributed by atoms with Crippen LogP contribution in [0.15, 0.2) is 352 Å². The van der Waals surface area contributed by atoms with Gasteiger partial charge in [0.15, 0.2) is 23.7 Å². The number of aromatic amines is 1. The first-order valence-corrected chi connectivity index (χ1v) is 33.7. The van der Waals surface area contributed by atoms with Gasteiger partial charge in [0.25, 0.3) is 0 Å². The largest absolute Gasteiger partial charge is 1.00 e. The first-order chi connectivity index (χ1) is 50.0. The summed E-state index contributed by atoms with van der Waals surface area (Å²) in [6.07, 6.45) is 3.59. The van der Waals surface area contributed by atoms with Gasteiger partial charge < -0.3 is 9.67 Å². The molecule has 534 valence electrons. The molecule has 0 bridgehead atoms. The molecule has 0 saturated carbocycles. The summed E-state index contributed by atoms with van der Waals surface area (Å²) in [4.78, 5) is 32.9. The van der Waals surface area contributed by atoms with E-state index in [1.54, 1.807) is 18.3 Å². The van der Waals surface area contributed by atoms with E-state index >= 15 is 0 Å². The quantitative estimate of drug-likeness (QED) is 0.139. The van der Waals surface area contributed by atoms with Gasteiger partial charge in [-0.25, -0.2) is 29.9 Å². The zero-order chi connectivity index (χ0) is 67.2. The van der Waals surface area contributed by atoms with E-state index in [0.717, 1.165) is 93.8 Å². The number of nitrogens with zero attached hydrogens (tertiary/aromatic N) is 8. The van der Waals surface area contributed by atoms with Gasteiger partial charge in [0.1, 0.15) is 0 Å². The van der Waals surface area contributed by atoms with Gasteiger partial charge in [0, 0.05) is 121 Å². The fourth-order valence-electron chi connectivity index (χ4n) is 14.0. The second kappa shape index (κ2) is 27.8. The Hall–Kier alpha value is -13.2. The van der Waals surface area contributed by atoms with Crippen molar-refractivity contribution in [3.05, 3.63) is 352 Å². The van der Waals surface area contributed by atoms with Gasteiger partial charge in [-0.05, 0) is 129 Å². The van der Waals surface area contributed by atoms with Crippen molar-refractivity contribution in [1.82, 2.24) is 39.0 Å². The van der Waals surface area contributed by atoms with E-state index in [2.05, 4.69) is 310 Å². The van der Waals surface area contributed by atoms with Crippen molar-refractivity contribution in [1.29, 1.82) is 0 Å². The summed E-state index contributed by atoms with van der Waals surface area (Å²) in [5.74, 6) is 2.65.